The molecule has 0 saturated carbocycles. The van der Waals surface area contributed by atoms with Crippen LogP contribution in [0.25, 0.3) is 0 Å². The van der Waals surface area contributed by atoms with E-state index in [0.29, 0.717) is 18.7 Å². The molecule has 4 nitrogen and oxygen atoms in total. The Bertz CT molecular complexity index is 691. The van der Waals surface area contributed by atoms with Crippen LogP contribution in [0.3, 0.4) is 0 Å². The molecule has 0 radical (unpaired) electrons. The Morgan fingerprint density at radius 3 is 2.48 bits per heavy atom. The average Bonchev–Trinajstić information content (AvgIpc) is 2.58. The van der Waals surface area contributed by atoms with Gasteiger partial charge in [0.1, 0.15) is 17.5 Å². The van der Waals surface area contributed by atoms with Gasteiger partial charge in [-0.25, -0.2) is 13.8 Å². The number of piperazine rings is 1. The fourth-order valence-electron chi connectivity index (χ4n) is 2.87. The SMILES string of the molecule is CN1CCN(c2ncccc2CNCc2ccc(F)cc2F)CC1.Cl. The molecule has 0 amide bonds. The lowest BCUT2D eigenvalue weighted by Gasteiger charge is -2.34. The molecule has 0 atom stereocenters. The highest BCUT2D eigenvalue weighted by Crippen LogP contribution is 2.19. The zero-order valence-corrected chi connectivity index (χ0v) is 15.0. The molecule has 0 spiro atoms. The van der Waals surface area contributed by atoms with Gasteiger partial charge in [-0.05, 0) is 19.2 Å². The smallest absolute Gasteiger partial charge is 0.133 e. The predicted octanol–water partition coefficient (Wildman–Crippen LogP) is 2.82. The van der Waals surface area contributed by atoms with E-state index in [1.54, 1.807) is 6.20 Å². The molecule has 7 heteroatoms. The molecule has 3 rings (SSSR count). The number of pyridine rings is 1. The molecule has 136 valence electrons. The minimum Gasteiger partial charge on any atom is -0.354 e. The third-order valence-corrected chi connectivity index (χ3v) is 4.32. The van der Waals surface area contributed by atoms with Gasteiger partial charge in [0, 0.05) is 62.7 Å². The number of hydrogen-bond donors (Lipinski definition) is 1. The molecule has 1 aliphatic heterocycles. The molecule has 2 heterocycles. The van der Waals surface area contributed by atoms with Crippen molar-refractivity contribution in [3.63, 3.8) is 0 Å². The molecular weight excluding hydrogens is 346 g/mol. The molecule has 0 aliphatic carbocycles. The summed E-state index contributed by atoms with van der Waals surface area (Å²) >= 11 is 0. The van der Waals surface area contributed by atoms with E-state index >= 15 is 0 Å². The number of halogens is 3. The first-order valence-corrected chi connectivity index (χ1v) is 8.15. The zero-order valence-electron chi connectivity index (χ0n) is 14.2. The molecule has 1 N–H and O–H groups in total. The Kier molecular flexibility index (Phi) is 7.11. The Labute approximate surface area is 153 Å². The molecule has 1 aromatic carbocycles. The topological polar surface area (TPSA) is 31.4 Å². The number of hydrogen-bond acceptors (Lipinski definition) is 4. The Balaban J connectivity index is 0.00000225. The maximum atomic E-state index is 13.7. The van der Waals surface area contributed by atoms with Crippen LogP contribution in [0.5, 0.6) is 0 Å². The summed E-state index contributed by atoms with van der Waals surface area (Å²) < 4.78 is 26.6. The standard InChI is InChI=1S/C18H22F2N4.ClH/c1-23-7-9-24(10-8-23)18-15(3-2-6-22-18)13-21-12-14-4-5-16(19)11-17(14)20;/h2-6,11,21H,7-10,12-13H2,1H3;1H. The number of likely N-dealkylation sites (N-methyl/N-ethyl adjacent to an activating group) is 1. The van der Waals surface area contributed by atoms with Crippen LogP contribution in [-0.4, -0.2) is 43.1 Å². The highest BCUT2D eigenvalue weighted by molar-refractivity contribution is 5.85. The summed E-state index contributed by atoms with van der Waals surface area (Å²) in [6, 6.07) is 7.61. The quantitative estimate of drug-likeness (QED) is 0.879. The Hall–Kier alpha value is -1.76. The van der Waals surface area contributed by atoms with Crippen molar-refractivity contribution in [3.05, 3.63) is 59.3 Å². The molecule has 1 aromatic heterocycles. The maximum absolute atomic E-state index is 13.7. The van der Waals surface area contributed by atoms with Gasteiger partial charge < -0.3 is 15.1 Å². The predicted molar refractivity (Wildman–Crippen MR) is 98.1 cm³/mol. The van der Waals surface area contributed by atoms with Gasteiger partial charge in [-0.15, -0.1) is 12.4 Å². The van der Waals surface area contributed by atoms with Crippen LogP contribution in [-0.2, 0) is 13.1 Å². The first-order chi connectivity index (χ1) is 11.6. The van der Waals surface area contributed by atoms with E-state index < -0.39 is 11.6 Å². The lowest BCUT2D eigenvalue weighted by Crippen LogP contribution is -2.45. The summed E-state index contributed by atoms with van der Waals surface area (Å²) in [6.07, 6.45) is 1.80. The molecular formula is C18H23ClF2N4. The molecule has 1 saturated heterocycles. The fourth-order valence-corrected chi connectivity index (χ4v) is 2.87. The van der Waals surface area contributed by atoms with Crippen molar-refractivity contribution in [3.8, 4) is 0 Å². The summed E-state index contributed by atoms with van der Waals surface area (Å²) in [4.78, 5) is 9.11. The van der Waals surface area contributed by atoms with Crippen molar-refractivity contribution in [1.29, 1.82) is 0 Å². The third kappa shape index (κ3) is 5.11. The number of nitrogens with zero attached hydrogens (tertiary/aromatic N) is 3. The van der Waals surface area contributed by atoms with Crippen LogP contribution in [0.4, 0.5) is 14.6 Å². The van der Waals surface area contributed by atoms with Gasteiger partial charge in [-0.2, -0.15) is 0 Å². The highest BCUT2D eigenvalue weighted by Gasteiger charge is 2.17. The van der Waals surface area contributed by atoms with Crippen molar-refractivity contribution >= 4 is 18.2 Å². The second-order valence-electron chi connectivity index (χ2n) is 6.12. The van der Waals surface area contributed by atoms with Gasteiger partial charge in [0.2, 0.25) is 0 Å². The van der Waals surface area contributed by atoms with E-state index in [2.05, 4.69) is 27.1 Å². The minimum atomic E-state index is -0.555. The van der Waals surface area contributed by atoms with Crippen molar-refractivity contribution < 1.29 is 8.78 Å². The van der Waals surface area contributed by atoms with Crippen molar-refractivity contribution in [1.82, 2.24) is 15.2 Å². The van der Waals surface area contributed by atoms with Gasteiger partial charge in [-0.3, -0.25) is 0 Å². The van der Waals surface area contributed by atoms with Crippen molar-refractivity contribution in [2.75, 3.05) is 38.1 Å². The molecule has 1 aliphatic rings. The maximum Gasteiger partial charge on any atom is 0.133 e. The summed E-state index contributed by atoms with van der Waals surface area (Å²) in [5, 5.41) is 3.23. The monoisotopic (exact) mass is 368 g/mol. The summed E-state index contributed by atoms with van der Waals surface area (Å²) in [5.41, 5.74) is 1.55. The van der Waals surface area contributed by atoms with Crippen molar-refractivity contribution in [2.24, 2.45) is 0 Å². The third-order valence-electron chi connectivity index (χ3n) is 4.32. The van der Waals surface area contributed by atoms with Gasteiger partial charge in [0.05, 0.1) is 0 Å². The first kappa shape index (κ1) is 19.6. The largest absolute Gasteiger partial charge is 0.354 e. The molecule has 0 bridgehead atoms. The van der Waals surface area contributed by atoms with Crippen LogP contribution < -0.4 is 10.2 Å². The highest BCUT2D eigenvalue weighted by atomic mass is 35.5. The molecule has 25 heavy (non-hydrogen) atoms. The summed E-state index contributed by atoms with van der Waals surface area (Å²) in [6.45, 7) is 4.88. The van der Waals surface area contributed by atoms with E-state index in [9.17, 15) is 8.78 Å². The second kappa shape index (κ2) is 9.08. The molecule has 1 fully saturated rings. The van der Waals surface area contributed by atoms with Crippen LogP contribution >= 0.6 is 12.4 Å². The number of benzene rings is 1. The number of aromatic nitrogens is 1. The normalized spacial score (nSPS) is 15.1. The lowest BCUT2D eigenvalue weighted by molar-refractivity contribution is 0.311. The lowest BCUT2D eigenvalue weighted by atomic mass is 10.2. The van der Waals surface area contributed by atoms with Crippen LogP contribution in [0.2, 0.25) is 0 Å². The zero-order chi connectivity index (χ0) is 16.9. The number of rotatable bonds is 5. The van der Waals surface area contributed by atoms with E-state index in [1.165, 1.54) is 12.1 Å². The number of anilines is 1. The van der Waals surface area contributed by atoms with E-state index in [1.807, 2.05) is 12.1 Å². The first-order valence-electron chi connectivity index (χ1n) is 8.15. The second-order valence-corrected chi connectivity index (χ2v) is 6.12. The van der Waals surface area contributed by atoms with E-state index in [-0.39, 0.29) is 12.4 Å². The molecule has 0 unspecified atom stereocenters. The average molecular weight is 369 g/mol. The van der Waals surface area contributed by atoms with Crippen LogP contribution in [0.1, 0.15) is 11.1 Å². The summed E-state index contributed by atoms with van der Waals surface area (Å²) in [5.74, 6) is -0.0912. The van der Waals surface area contributed by atoms with Gasteiger partial charge >= 0.3 is 0 Å². The number of nitrogens with one attached hydrogen (secondary N) is 1. The Morgan fingerprint density at radius 1 is 1.04 bits per heavy atom. The van der Waals surface area contributed by atoms with Crippen LogP contribution in [0.15, 0.2) is 36.5 Å². The van der Waals surface area contributed by atoms with Crippen molar-refractivity contribution in [2.45, 2.75) is 13.1 Å². The van der Waals surface area contributed by atoms with Gasteiger partial charge in [0.25, 0.3) is 0 Å². The summed E-state index contributed by atoms with van der Waals surface area (Å²) in [7, 11) is 2.12. The van der Waals surface area contributed by atoms with Gasteiger partial charge in [-0.1, -0.05) is 12.1 Å². The van der Waals surface area contributed by atoms with Crippen LogP contribution in [0, 0.1) is 11.6 Å². The van der Waals surface area contributed by atoms with E-state index in [4.69, 9.17) is 0 Å². The Morgan fingerprint density at radius 2 is 1.76 bits per heavy atom. The molecule has 2 aromatic rings. The van der Waals surface area contributed by atoms with E-state index in [0.717, 1.165) is 43.6 Å². The minimum absolute atomic E-state index is 0. The fraction of sp³-hybridized carbons (Fsp3) is 0.389. The van der Waals surface area contributed by atoms with Gasteiger partial charge in [0.15, 0.2) is 0 Å².